The van der Waals surface area contributed by atoms with Gasteiger partial charge in [-0.3, -0.25) is 9.59 Å². The van der Waals surface area contributed by atoms with Crippen LogP contribution in [0.4, 0.5) is 0 Å². The molecule has 0 saturated carbocycles. The first-order valence-electron chi connectivity index (χ1n) is 8.44. The lowest BCUT2D eigenvalue weighted by atomic mass is 10.1. The summed E-state index contributed by atoms with van der Waals surface area (Å²) in [7, 11) is 1.60. The van der Waals surface area contributed by atoms with Gasteiger partial charge in [0.05, 0.1) is 29.9 Å². The fraction of sp³-hybridized carbons (Fsp3) is 0.150. The predicted molar refractivity (Wildman–Crippen MR) is 109 cm³/mol. The lowest BCUT2D eigenvalue weighted by molar-refractivity contribution is 0.0952. The van der Waals surface area contributed by atoms with Crippen LogP contribution in [0.1, 0.15) is 10.4 Å². The van der Waals surface area contributed by atoms with Gasteiger partial charge in [0.2, 0.25) is 0 Å². The zero-order chi connectivity index (χ0) is 20.1. The van der Waals surface area contributed by atoms with Gasteiger partial charge in [0, 0.05) is 23.2 Å². The lowest BCUT2D eigenvalue weighted by Crippen LogP contribution is -2.32. The predicted octanol–water partition coefficient (Wildman–Crippen LogP) is 3.66. The summed E-state index contributed by atoms with van der Waals surface area (Å²) < 4.78 is 6.45. The number of halogens is 2. The number of ether oxygens (including phenoxy) is 1. The molecule has 0 spiro atoms. The number of benzene rings is 2. The van der Waals surface area contributed by atoms with Gasteiger partial charge in [0.25, 0.3) is 11.5 Å². The van der Waals surface area contributed by atoms with Crippen molar-refractivity contribution in [3.8, 4) is 17.0 Å². The molecule has 1 amide bonds. The molecule has 2 aromatic carbocycles. The highest BCUT2D eigenvalue weighted by Gasteiger charge is 2.11. The Balaban J connectivity index is 1.69. The van der Waals surface area contributed by atoms with Crippen molar-refractivity contribution in [3.05, 3.63) is 80.6 Å². The van der Waals surface area contributed by atoms with E-state index in [2.05, 4.69) is 10.4 Å². The number of carbonyl (C=O) groups excluding carboxylic acids is 1. The molecule has 0 bridgehead atoms. The number of amides is 1. The van der Waals surface area contributed by atoms with Crippen LogP contribution in [0.3, 0.4) is 0 Å². The van der Waals surface area contributed by atoms with E-state index in [0.717, 1.165) is 11.3 Å². The third-order valence-corrected chi connectivity index (χ3v) is 4.60. The number of nitrogens with zero attached hydrogens (tertiary/aromatic N) is 2. The van der Waals surface area contributed by atoms with E-state index in [0.29, 0.717) is 15.7 Å². The first-order valence-corrected chi connectivity index (χ1v) is 9.19. The monoisotopic (exact) mass is 417 g/mol. The summed E-state index contributed by atoms with van der Waals surface area (Å²) in [6, 6.07) is 15.1. The number of nitrogens with one attached hydrogen (secondary N) is 1. The number of rotatable bonds is 6. The van der Waals surface area contributed by atoms with E-state index in [1.807, 2.05) is 24.3 Å². The first-order chi connectivity index (χ1) is 13.5. The maximum absolute atomic E-state index is 12.3. The van der Waals surface area contributed by atoms with Gasteiger partial charge in [0.1, 0.15) is 5.75 Å². The van der Waals surface area contributed by atoms with Gasteiger partial charge in [-0.05, 0) is 48.5 Å². The van der Waals surface area contributed by atoms with Crippen molar-refractivity contribution in [1.29, 1.82) is 0 Å². The molecule has 28 heavy (non-hydrogen) atoms. The fourth-order valence-electron chi connectivity index (χ4n) is 2.57. The quantitative estimate of drug-likeness (QED) is 0.663. The third kappa shape index (κ3) is 4.71. The number of methoxy groups -OCH3 is 1. The Morgan fingerprint density at radius 2 is 1.86 bits per heavy atom. The second-order valence-corrected chi connectivity index (χ2v) is 6.73. The average Bonchev–Trinajstić information content (AvgIpc) is 2.71. The van der Waals surface area contributed by atoms with E-state index in [1.54, 1.807) is 25.3 Å². The highest BCUT2D eigenvalue weighted by molar-refractivity contribution is 6.35. The largest absolute Gasteiger partial charge is 0.497 e. The molecule has 1 N–H and O–H groups in total. The molecule has 0 aliphatic rings. The minimum Gasteiger partial charge on any atom is -0.497 e. The summed E-state index contributed by atoms with van der Waals surface area (Å²) >= 11 is 11.9. The summed E-state index contributed by atoms with van der Waals surface area (Å²) in [4.78, 5) is 24.3. The minimum atomic E-state index is -0.369. The van der Waals surface area contributed by atoms with Crippen molar-refractivity contribution < 1.29 is 9.53 Å². The molecule has 1 heterocycles. The van der Waals surface area contributed by atoms with Gasteiger partial charge in [-0.15, -0.1) is 0 Å². The van der Waals surface area contributed by atoms with Crippen LogP contribution in [0.25, 0.3) is 11.3 Å². The number of aromatic nitrogens is 2. The molecular weight excluding hydrogens is 401 g/mol. The third-order valence-electron chi connectivity index (χ3n) is 4.03. The van der Waals surface area contributed by atoms with Gasteiger partial charge in [-0.25, -0.2) is 4.68 Å². The van der Waals surface area contributed by atoms with E-state index in [1.165, 1.54) is 16.8 Å². The normalized spacial score (nSPS) is 10.5. The van der Waals surface area contributed by atoms with E-state index in [-0.39, 0.29) is 30.1 Å². The topological polar surface area (TPSA) is 73.2 Å². The van der Waals surface area contributed by atoms with Gasteiger partial charge in [-0.1, -0.05) is 23.2 Å². The molecule has 0 unspecified atom stereocenters. The Hall–Kier alpha value is -2.83. The Morgan fingerprint density at radius 3 is 2.57 bits per heavy atom. The molecule has 0 saturated heterocycles. The maximum atomic E-state index is 12.3. The average molecular weight is 418 g/mol. The summed E-state index contributed by atoms with van der Waals surface area (Å²) in [6.07, 6.45) is 0. The van der Waals surface area contributed by atoms with E-state index < -0.39 is 0 Å². The molecule has 0 aliphatic carbocycles. The smallest absolute Gasteiger partial charge is 0.266 e. The molecule has 1 aromatic heterocycles. The Bertz CT molecular complexity index is 1050. The van der Waals surface area contributed by atoms with Crippen molar-refractivity contribution in [2.24, 2.45) is 0 Å². The van der Waals surface area contributed by atoms with Crippen LogP contribution in [0.5, 0.6) is 5.75 Å². The zero-order valence-electron chi connectivity index (χ0n) is 15.0. The zero-order valence-corrected chi connectivity index (χ0v) is 16.5. The molecule has 0 atom stereocenters. The number of hydrogen-bond donors (Lipinski definition) is 1. The van der Waals surface area contributed by atoms with E-state index in [4.69, 9.17) is 27.9 Å². The van der Waals surface area contributed by atoms with Crippen LogP contribution in [-0.4, -0.2) is 29.3 Å². The van der Waals surface area contributed by atoms with Gasteiger partial charge in [0.15, 0.2) is 0 Å². The Kier molecular flexibility index (Phi) is 6.34. The number of carbonyl (C=O) groups is 1. The Labute approximate surface area is 171 Å². The SMILES string of the molecule is COc1ccc(-c2ccc(=O)n(CCNC(=O)c3cc(Cl)ccc3Cl)n2)cc1. The van der Waals surface area contributed by atoms with Crippen LogP contribution >= 0.6 is 23.2 Å². The van der Waals surface area contributed by atoms with Gasteiger partial charge < -0.3 is 10.1 Å². The second kappa shape index (κ2) is 8.91. The maximum Gasteiger partial charge on any atom is 0.266 e. The summed E-state index contributed by atoms with van der Waals surface area (Å²) in [5.74, 6) is 0.367. The lowest BCUT2D eigenvalue weighted by Gasteiger charge is -2.10. The van der Waals surface area contributed by atoms with Crippen LogP contribution in [0, 0.1) is 0 Å². The van der Waals surface area contributed by atoms with Crippen LogP contribution in [0.15, 0.2) is 59.4 Å². The molecule has 3 aromatic rings. The van der Waals surface area contributed by atoms with Crippen LogP contribution in [-0.2, 0) is 6.54 Å². The molecule has 8 heteroatoms. The van der Waals surface area contributed by atoms with Crippen molar-refractivity contribution in [3.63, 3.8) is 0 Å². The molecule has 3 rings (SSSR count). The summed E-state index contributed by atoms with van der Waals surface area (Å²) in [5, 5.41) is 7.80. The van der Waals surface area contributed by atoms with Crippen molar-refractivity contribution >= 4 is 29.1 Å². The fourth-order valence-corrected chi connectivity index (χ4v) is 2.94. The first kappa shape index (κ1) is 19.9. The van der Waals surface area contributed by atoms with Gasteiger partial charge in [-0.2, -0.15) is 5.10 Å². The highest BCUT2D eigenvalue weighted by atomic mass is 35.5. The minimum absolute atomic E-state index is 0.209. The molecule has 0 aliphatic heterocycles. The van der Waals surface area contributed by atoms with Crippen LogP contribution in [0.2, 0.25) is 10.0 Å². The van der Waals surface area contributed by atoms with Crippen LogP contribution < -0.4 is 15.6 Å². The second-order valence-electron chi connectivity index (χ2n) is 5.89. The Morgan fingerprint density at radius 1 is 1.11 bits per heavy atom. The summed E-state index contributed by atoms with van der Waals surface area (Å²) in [6.45, 7) is 0.424. The van der Waals surface area contributed by atoms with Crippen molar-refractivity contribution in [2.75, 3.05) is 13.7 Å². The molecule has 144 valence electrons. The molecule has 0 radical (unpaired) electrons. The summed E-state index contributed by atoms with van der Waals surface area (Å²) in [5.41, 5.74) is 1.52. The number of hydrogen-bond acceptors (Lipinski definition) is 4. The van der Waals surface area contributed by atoms with Crippen molar-refractivity contribution in [2.45, 2.75) is 6.54 Å². The standard InChI is InChI=1S/C20H17Cl2N3O3/c1-28-15-5-2-13(3-6-15)18-8-9-19(26)25(24-18)11-10-23-20(27)16-12-14(21)4-7-17(16)22/h2-9,12H,10-11H2,1H3,(H,23,27). The molecular formula is C20H17Cl2N3O3. The van der Waals surface area contributed by atoms with E-state index >= 15 is 0 Å². The molecule has 6 nitrogen and oxygen atoms in total. The highest BCUT2D eigenvalue weighted by Crippen LogP contribution is 2.21. The van der Waals surface area contributed by atoms with E-state index in [9.17, 15) is 9.59 Å². The molecule has 0 fully saturated rings. The van der Waals surface area contributed by atoms with Crippen molar-refractivity contribution in [1.82, 2.24) is 15.1 Å². The van der Waals surface area contributed by atoms with Gasteiger partial charge >= 0.3 is 0 Å².